The van der Waals surface area contributed by atoms with E-state index in [4.69, 9.17) is 10.2 Å². The first-order valence-corrected chi connectivity index (χ1v) is 11.1. The maximum Gasteiger partial charge on any atom is 0.293 e. The maximum atomic E-state index is 14.7. The Balaban J connectivity index is 1.45. The first-order chi connectivity index (χ1) is 16.4. The number of nitrogens with two attached hydrogens (primary N) is 1. The summed E-state index contributed by atoms with van der Waals surface area (Å²) in [6.45, 7) is 3.34. The van der Waals surface area contributed by atoms with E-state index in [1.165, 1.54) is 22.7 Å². The number of nitrogens with zero attached hydrogens (tertiary/aromatic N) is 5. The van der Waals surface area contributed by atoms with Crippen LogP contribution in [0.15, 0.2) is 41.1 Å². The average molecular weight is 462 g/mol. The number of allylic oxidation sites excluding steroid dienone is 1. The van der Waals surface area contributed by atoms with Crippen LogP contribution in [0, 0.1) is 19.7 Å². The van der Waals surface area contributed by atoms with E-state index in [1.807, 2.05) is 6.20 Å². The minimum Gasteiger partial charge on any atom is -0.436 e. The van der Waals surface area contributed by atoms with E-state index in [0.29, 0.717) is 23.0 Å². The van der Waals surface area contributed by atoms with Crippen LogP contribution in [-0.4, -0.2) is 36.5 Å². The van der Waals surface area contributed by atoms with Crippen molar-refractivity contribution in [3.05, 3.63) is 65.4 Å². The van der Waals surface area contributed by atoms with Crippen molar-refractivity contribution in [3.8, 4) is 11.4 Å². The van der Waals surface area contributed by atoms with Gasteiger partial charge in [-0.3, -0.25) is 4.79 Å². The molecule has 0 radical (unpaired) electrons. The number of fused-ring (bicyclic) bond motifs is 1. The number of rotatable bonds is 4. The van der Waals surface area contributed by atoms with Gasteiger partial charge in [0.15, 0.2) is 11.7 Å². The number of aromatic nitrogens is 5. The minimum atomic E-state index is -0.515. The molecule has 1 atom stereocenters. The van der Waals surface area contributed by atoms with Gasteiger partial charge >= 0.3 is 0 Å². The Bertz CT molecular complexity index is 1420. The summed E-state index contributed by atoms with van der Waals surface area (Å²) in [5.41, 5.74) is 9.20. The minimum absolute atomic E-state index is 0.0243. The second-order valence-electron chi connectivity index (χ2n) is 8.42. The molecule has 0 spiro atoms. The first kappa shape index (κ1) is 21.9. The average Bonchev–Trinajstić information content (AvgIpc) is 3.30. The summed E-state index contributed by atoms with van der Waals surface area (Å²) in [6, 6.07) is 4.22. The molecule has 9 nitrogen and oxygen atoms in total. The van der Waals surface area contributed by atoms with Crippen molar-refractivity contribution in [3.63, 3.8) is 0 Å². The zero-order valence-corrected chi connectivity index (χ0v) is 18.9. The molecule has 3 aromatic heterocycles. The van der Waals surface area contributed by atoms with Crippen molar-refractivity contribution >= 4 is 22.9 Å². The Morgan fingerprint density at radius 1 is 1.26 bits per heavy atom. The van der Waals surface area contributed by atoms with E-state index in [9.17, 15) is 9.18 Å². The molecule has 5 rings (SSSR count). The second kappa shape index (κ2) is 8.79. The number of carbonyl (C=O) groups excluding carboxylic acids is 1. The summed E-state index contributed by atoms with van der Waals surface area (Å²) in [4.78, 5) is 25.4. The van der Waals surface area contributed by atoms with Gasteiger partial charge in [0.2, 0.25) is 5.76 Å². The number of amides is 1. The van der Waals surface area contributed by atoms with Crippen LogP contribution < -0.4 is 11.1 Å². The van der Waals surface area contributed by atoms with Crippen molar-refractivity contribution in [1.82, 2.24) is 24.6 Å². The molecular weight excluding hydrogens is 437 g/mol. The second-order valence-corrected chi connectivity index (χ2v) is 8.42. The molecule has 0 fully saturated rings. The van der Waals surface area contributed by atoms with Crippen LogP contribution >= 0.6 is 0 Å². The number of oxazole rings is 1. The molecule has 3 N–H and O–H groups in total. The Hall–Kier alpha value is -3.92. The topological polar surface area (TPSA) is 124 Å². The van der Waals surface area contributed by atoms with Crippen LogP contribution in [0.4, 0.5) is 10.1 Å². The highest BCUT2D eigenvalue weighted by atomic mass is 19.1. The molecule has 10 heteroatoms. The predicted molar refractivity (Wildman–Crippen MR) is 125 cm³/mol. The van der Waals surface area contributed by atoms with Gasteiger partial charge in [-0.2, -0.15) is 4.98 Å². The molecule has 0 aliphatic heterocycles. The molecule has 174 valence electrons. The molecule has 1 amide bonds. The van der Waals surface area contributed by atoms with E-state index < -0.39 is 11.7 Å². The van der Waals surface area contributed by atoms with Gasteiger partial charge in [0.25, 0.3) is 11.7 Å². The highest BCUT2D eigenvalue weighted by Crippen LogP contribution is 2.27. The van der Waals surface area contributed by atoms with Crippen LogP contribution in [0.25, 0.3) is 22.7 Å². The van der Waals surface area contributed by atoms with Crippen molar-refractivity contribution in [2.45, 2.75) is 45.6 Å². The lowest BCUT2D eigenvalue weighted by molar-refractivity contribution is 0.0994. The number of halogens is 1. The normalized spacial score (nSPS) is 16.4. The van der Waals surface area contributed by atoms with Crippen molar-refractivity contribution in [1.29, 1.82) is 0 Å². The number of benzene rings is 1. The molecule has 0 saturated heterocycles. The SMILES string of the molecule is Cc1nc(C)c(C(=O)Nc2ccc(F)c(-c3nc4ncc(C5=C[C@@H](N)CCCC5)cn4n3)c2)o1. The standard InChI is InChI=1S/C24H24FN7O2/c1-13-21(34-14(2)28-13)23(33)29-18-7-8-20(25)19(10-18)22-30-24-27-11-16(12-32(24)31-22)15-5-3-4-6-17(26)9-15/h7-12,17H,3-6,26H2,1-2H3,(H,29,33)/t17-/m0/s1. The Morgan fingerprint density at radius 3 is 2.91 bits per heavy atom. The highest BCUT2D eigenvalue weighted by Gasteiger charge is 2.19. The van der Waals surface area contributed by atoms with Crippen molar-refractivity contribution in [2.75, 3.05) is 5.32 Å². The van der Waals surface area contributed by atoms with E-state index in [2.05, 4.69) is 31.4 Å². The van der Waals surface area contributed by atoms with Gasteiger partial charge in [0, 0.05) is 36.6 Å². The lowest BCUT2D eigenvalue weighted by Gasteiger charge is -2.06. The van der Waals surface area contributed by atoms with E-state index in [0.717, 1.165) is 36.8 Å². The van der Waals surface area contributed by atoms with Gasteiger partial charge in [0.05, 0.1) is 11.3 Å². The van der Waals surface area contributed by atoms with E-state index in [-0.39, 0.29) is 23.2 Å². The van der Waals surface area contributed by atoms with Gasteiger partial charge in [-0.15, -0.1) is 5.10 Å². The van der Waals surface area contributed by atoms with Gasteiger partial charge in [0.1, 0.15) is 5.82 Å². The lowest BCUT2D eigenvalue weighted by atomic mass is 10.0. The summed E-state index contributed by atoms with van der Waals surface area (Å²) in [5.74, 6) is 0.0248. The molecule has 0 saturated carbocycles. The van der Waals surface area contributed by atoms with Crippen LogP contribution in [0.2, 0.25) is 0 Å². The largest absolute Gasteiger partial charge is 0.436 e. The van der Waals surface area contributed by atoms with E-state index in [1.54, 1.807) is 20.0 Å². The predicted octanol–water partition coefficient (Wildman–Crippen LogP) is 4.07. The highest BCUT2D eigenvalue weighted by molar-refractivity contribution is 6.03. The molecule has 4 aromatic rings. The van der Waals surface area contributed by atoms with Crippen LogP contribution in [0.5, 0.6) is 0 Å². The van der Waals surface area contributed by atoms with Gasteiger partial charge in [-0.1, -0.05) is 12.5 Å². The van der Waals surface area contributed by atoms with Gasteiger partial charge in [-0.25, -0.2) is 18.9 Å². The summed E-state index contributed by atoms with van der Waals surface area (Å²) < 4.78 is 21.6. The fraction of sp³-hybridized carbons (Fsp3) is 0.292. The summed E-state index contributed by atoms with van der Waals surface area (Å²) in [5, 5.41) is 7.15. The number of hydrogen-bond donors (Lipinski definition) is 2. The third kappa shape index (κ3) is 4.32. The number of nitrogens with one attached hydrogen (secondary N) is 1. The lowest BCUT2D eigenvalue weighted by Crippen LogP contribution is -2.15. The van der Waals surface area contributed by atoms with Gasteiger partial charge < -0.3 is 15.5 Å². The molecule has 0 bridgehead atoms. The zero-order chi connectivity index (χ0) is 23.8. The molecule has 34 heavy (non-hydrogen) atoms. The third-order valence-corrected chi connectivity index (χ3v) is 5.79. The number of aryl methyl sites for hydroxylation is 2. The smallest absolute Gasteiger partial charge is 0.293 e. The monoisotopic (exact) mass is 461 g/mol. The van der Waals surface area contributed by atoms with Crippen LogP contribution in [-0.2, 0) is 0 Å². The Morgan fingerprint density at radius 2 is 2.12 bits per heavy atom. The van der Waals surface area contributed by atoms with Crippen LogP contribution in [0.1, 0.15) is 53.4 Å². The molecule has 1 aliphatic carbocycles. The van der Waals surface area contributed by atoms with Crippen molar-refractivity contribution < 1.29 is 13.6 Å². The summed E-state index contributed by atoms with van der Waals surface area (Å²) in [6.07, 6.45) is 9.70. The summed E-state index contributed by atoms with van der Waals surface area (Å²) in [7, 11) is 0. The quantitative estimate of drug-likeness (QED) is 0.469. The molecule has 0 unspecified atom stereocenters. The number of hydrogen-bond acceptors (Lipinski definition) is 7. The third-order valence-electron chi connectivity index (χ3n) is 5.79. The zero-order valence-electron chi connectivity index (χ0n) is 18.9. The Kier molecular flexibility index (Phi) is 5.66. The molecule has 1 aliphatic rings. The molecule has 1 aromatic carbocycles. The summed E-state index contributed by atoms with van der Waals surface area (Å²) >= 11 is 0. The van der Waals surface area contributed by atoms with Gasteiger partial charge in [-0.05, 0) is 50.0 Å². The Labute approximate surface area is 194 Å². The fourth-order valence-corrected chi connectivity index (χ4v) is 4.13. The van der Waals surface area contributed by atoms with E-state index >= 15 is 0 Å². The maximum absolute atomic E-state index is 14.7. The first-order valence-electron chi connectivity index (χ1n) is 11.1. The fourth-order valence-electron chi connectivity index (χ4n) is 4.13. The number of carbonyl (C=O) groups is 1. The van der Waals surface area contributed by atoms with Crippen LogP contribution in [0.3, 0.4) is 0 Å². The number of anilines is 1. The van der Waals surface area contributed by atoms with Crippen molar-refractivity contribution in [2.24, 2.45) is 5.73 Å². The molecular formula is C24H24FN7O2. The molecule has 3 heterocycles.